The molecule has 0 spiro atoms. The minimum atomic E-state index is -1.29. The van der Waals surface area contributed by atoms with Crippen LogP contribution in [-0.2, 0) is 9.59 Å². The van der Waals surface area contributed by atoms with Crippen molar-refractivity contribution in [2.75, 3.05) is 0 Å². The number of furan rings is 1. The summed E-state index contributed by atoms with van der Waals surface area (Å²) >= 11 is 6.47. The molecule has 0 saturated heterocycles. The summed E-state index contributed by atoms with van der Waals surface area (Å²) in [6.45, 7) is 1.98. The SMILES string of the molecule is Cc1ccc2nc(Cl)c([C@@H]3CC(c4ccco4)=NN3C(=O)CCC(=O)[O-])cc2c1. The number of hydrogen-bond acceptors (Lipinski definition) is 6. The van der Waals surface area contributed by atoms with Crippen LogP contribution in [0.3, 0.4) is 0 Å². The topological polar surface area (TPSA) is 98.8 Å². The second-order valence-corrected chi connectivity index (χ2v) is 7.28. The first kappa shape index (κ1) is 19.1. The van der Waals surface area contributed by atoms with Gasteiger partial charge in [-0.3, -0.25) is 4.79 Å². The van der Waals surface area contributed by atoms with Crippen LogP contribution < -0.4 is 5.11 Å². The second-order valence-electron chi connectivity index (χ2n) is 6.92. The highest BCUT2D eigenvalue weighted by atomic mass is 35.5. The summed E-state index contributed by atoms with van der Waals surface area (Å²) in [5.41, 5.74) is 3.07. The van der Waals surface area contributed by atoms with Gasteiger partial charge in [-0.05, 0) is 43.7 Å². The number of halogens is 1. The van der Waals surface area contributed by atoms with Crippen molar-refractivity contribution in [3.8, 4) is 0 Å². The molecule has 0 aliphatic carbocycles. The predicted octanol–water partition coefficient (Wildman–Crippen LogP) is 3.00. The highest BCUT2D eigenvalue weighted by Crippen LogP contribution is 2.37. The number of hydrazone groups is 1. The van der Waals surface area contributed by atoms with Gasteiger partial charge in [-0.1, -0.05) is 23.2 Å². The first-order chi connectivity index (χ1) is 13.9. The van der Waals surface area contributed by atoms with E-state index in [1.807, 2.05) is 31.2 Å². The molecule has 0 N–H and O–H groups in total. The zero-order chi connectivity index (χ0) is 20.5. The quantitative estimate of drug-likeness (QED) is 0.602. The number of aryl methyl sites for hydroxylation is 1. The van der Waals surface area contributed by atoms with E-state index in [-0.39, 0.29) is 18.0 Å². The van der Waals surface area contributed by atoms with Crippen molar-refractivity contribution in [3.63, 3.8) is 0 Å². The highest BCUT2D eigenvalue weighted by molar-refractivity contribution is 6.30. The van der Waals surface area contributed by atoms with Gasteiger partial charge in [0.1, 0.15) is 16.6 Å². The van der Waals surface area contributed by atoms with E-state index < -0.39 is 17.9 Å². The number of carboxylic acids is 1. The van der Waals surface area contributed by atoms with Crippen LogP contribution in [0, 0.1) is 6.92 Å². The molecule has 0 unspecified atom stereocenters. The van der Waals surface area contributed by atoms with Crippen LogP contribution in [0.1, 0.15) is 42.2 Å². The molecule has 8 heteroatoms. The van der Waals surface area contributed by atoms with E-state index in [2.05, 4.69) is 10.1 Å². The Balaban J connectivity index is 1.74. The fraction of sp³-hybridized carbons (Fsp3) is 0.238. The van der Waals surface area contributed by atoms with Gasteiger partial charge in [0, 0.05) is 29.8 Å². The fourth-order valence-corrected chi connectivity index (χ4v) is 3.69. The second kappa shape index (κ2) is 7.67. The minimum absolute atomic E-state index is 0.217. The summed E-state index contributed by atoms with van der Waals surface area (Å²) < 4.78 is 5.42. The number of benzene rings is 1. The molecule has 1 aliphatic rings. The monoisotopic (exact) mass is 410 g/mol. The number of fused-ring (bicyclic) bond motifs is 1. The normalized spacial score (nSPS) is 16.3. The van der Waals surface area contributed by atoms with Crippen LogP contribution >= 0.6 is 11.6 Å². The van der Waals surface area contributed by atoms with Crippen LogP contribution in [-0.4, -0.2) is 27.6 Å². The summed E-state index contributed by atoms with van der Waals surface area (Å²) in [6.07, 6.45) is 1.31. The Morgan fingerprint density at radius 1 is 1.28 bits per heavy atom. The average Bonchev–Trinajstić information content (AvgIpc) is 3.35. The largest absolute Gasteiger partial charge is 0.550 e. The summed E-state index contributed by atoms with van der Waals surface area (Å²) in [7, 11) is 0. The van der Waals surface area contributed by atoms with Gasteiger partial charge >= 0.3 is 0 Å². The van der Waals surface area contributed by atoms with E-state index in [9.17, 15) is 14.7 Å². The van der Waals surface area contributed by atoms with Gasteiger partial charge in [0.2, 0.25) is 5.91 Å². The Bertz CT molecular complexity index is 1120. The lowest BCUT2D eigenvalue weighted by Crippen LogP contribution is -2.30. The third-order valence-corrected chi connectivity index (χ3v) is 5.13. The van der Waals surface area contributed by atoms with Gasteiger partial charge in [-0.25, -0.2) is 9.99 Å². The standard InChI is InChI=1S/C21H18ClN3O4/c1-12-4-5-15-13(9-12)10-14(21(22)23-15)17-11-16(18-3-2-8-29-18)24-25(17)19(26)6-7-20(27)28/h2-5,8-10,17H,6-7,11H2,1H3,(H,27,28)/p-1/t17-/m0/s1. The van der Waals surface area contributed by atoms with Crippen molar-refractivity contribution in [3.05, 3.63) is 64.7 Å². The zero-order valence-electron chi connectivity index (χ0n) is 15.6. The summed E-state index contributed by atoms with van der Waals surface area (Å²) in [6, 6.07) is 10.7. The van der Waals surface area contributed by atoms with Gasteiger partial charge in [0.25, 0.3) is 0 Å². The molecular formula is C21H17ClN3O4-. The maximum absolute atomic E-state index is 12.7. The fourth-order valence-electron chi connectivity index (χ4n) is 3.42. The van der Waals surface area contributed by atoms with Gasteiger partial charge in [0.05, 0.1) is 17.8 Å². The number of amides is 1. The third kappa shape index (κ3) is 3.86. The molecule has 0 radical (unpaired) electrons. The van der Waals surface area contributed by atoms with Crippen molar-refractivity contribution in [2.24, 2.45) is 5.10 Å². The van der Waals surface area contributed by atoms with Crippen molar-refractivity contribution >= 4 is 40.1 Å². The first-order valence-electron chi connectivity index (χ1n) is 9.12. The maximum atomic E-state index is 12.7. The number of carbonyl (C=O) groups is 2. The Kier molecular flexibility index (Phi) is 5.07. The van der Waals surface area contributed by atoms with E-state index in [1.54, 1.807) is 12.1 Å². The van der Waals surface area contributed by atoms with Crippen LogP contribution in [0.25, 0.3) is 10.9 Å². The van der Waals surface area contributed by atoms with E-state index in [0.29, 0.717) is 23.5 Å². The molecule has 148 valence electrons. The molecule has 0 fully saturated rings. The molecule has 1 atom stereocenters. The zero-order valence-corrected chi connectivity index (χ0v) is 16.3. The summed E-state index contributed by atoms with van der Waals surface area (Å²) in [5, 5.41) is 17.7. The van der Waals surface area contributed by atoms with Gasteiger partial charge in [-0.2, -0.15) is 5.10 Å². The number of carbonyl (C=O) groups excluding carboxylic acids is 2. The number of rotatable bonds is 5. The van der Waals surface area contributed by atoms with Crippen molar-refractivity contribution in [1.29, 1.82) is 0 Å². The van der Waals surface area contributed by atoms with Gasteiger partial charge in [0.15, 0.2) is 0 Å². The Morgan fingerprint density at radius 3 is 2.83 bits per heavy atom. The number of aliphatic carboxylic acids is 1. The smallest absolute Gasteiger partial charge is 0.243 e. The molecule has 29 heavy (non-hydrogen) atoms. The molecule has 3 aromatic rings. The molecule has 4 rings (SSSR count). The lowest BCUT2D eigenvalue weighted by Gasteiger charge is -2.23. The highest BCUT2D eigenvalue weighted by Gasteiger charge is 2.35. The molecule has 2 aromatic heterocycles. The van der Waals surface area contributed by atoms with Crippen LogP contribution in [0.2, 0.25) is 5.15 Å². The Morgan fingerprint density at radius 2 is 2.10 bits per heavy atom. The molecule has 0 saturated carbocycles. The molecule has 7 nitrogen and oxygen atoms in total. The molecule has 1 aliphatic heterocycles. The van der Waals surface area contributed by atoms with Crippen molar-refractivity contribution in [2.45, 2.75) is 32.2 Å². The number of nitrogens with zero attached hydrogens (tertiary/aromatic N) is 3. The van der Waals surface area contributed by atoms with Gasteiger partial charge < -0.3 is 14.3 Å². The number of hydrogen-bond donors (Lipinski definition) is 0. The number of aromatic nitrogens is 1. The first-order valence-corrected chi connectivity index (χ1v) is 9.50. The predicted molar refractivity (Wildman–Crippen MR) is 105 cm³/mol. The van der Waals surface area contributed by atoms with Crippen molar-refractivity contribution < 1.29 is 19.1 Å². The van der Waals surface area contributed by atoms with E-state index >= 15 is 0 Å². The minimum Gasteiger partial charge on any atom is -0.550 e. The van der Waals surface area contributed by atoms with Gasteiger partial charge in [-0.15, -0.1) is 0 Å². The molecule has 0 bridgehead atoms. The summed E-state index contributed by atoms with van der Waals surface area (Å²) in [4.78, 5) is 28.0. The molecule has 1 aromatic carbocycles. The molecule has 1 amide bonds. The van der Waals surface area contributed by atoms with Crippen LogP contribution in [0.15, 0.2) is 52.2 Å². The van der Waals surface area contributed by atoms with E-state index in [0.717, 1.165) is 16.5 Å². The van der Waals surface area contributed by atoms with Crippen LogP contribution in [0.4, 0.5) is 0 Å². The van der Waals surface area contributed by atoms with E-state index in [4.69, 9.17) is 16.0 Å². The van der Waals surface area contributed by atoms with Crippen LogP contribution in [0.5, 0.6) is 0 Å². The lowest BCUT2D eigenvalue weighted by atomic mass is 10.00. The molecule has 3 heterocycles. The molecular weight excluding hydrogens is 394 g/mol. The maximum Gasteiger partial charge on any atom is 0.243 e. The summed E-state index contributed by atoms with van der Waals surface area (Å²) in [5.74, 6) is -1.17. The lowest BCUT2D eigenvalue weighted by molar-refractivity contribution is -0.305. The van der Waals surface area contributed by atoms with Crippen molar-refractivity contribution in [1.82, 2.24) is 9.99 Å². The number of carboxylic acid groups (broad SMARTS) is 1. The Hall–Kier alpha value is -3.19. The Labute approximate surface area is 171 Å². The number of pyridine rings is 1. The average molecular weight is 411 g/mol. The third-order valence-electron chi connectivity index (χ3n) is 4.82. The van der Waals surface area contributed by atoms with E-state index in [1.165, 1.54) is 11.3 Å².